The Kier molecular flexibility index (Phi) is 5.95. The zero-order valence-electron chi connectivity index (χ0n) is 15.1. The molecule has 1 saturated heterocycles. The van der Waals surface area contributed by atoms with E-state index in [1.54, 1.807) is 0 Å². The quantitative estimate of drug-likeness (QED) is 0.749. The lowest BCUT2D eigenvalue weighted by atomic mass is 9.97. The highest BCUT2D eigenvalue weighted by atomic mass is 32.2. The van der Waals surface area contributed by atoms with Gasteiger partial charge in [0, 0.05) is 24.7 Å². The molecule has 5 nitrogen and oxygen atoms in total. The number of carbonyl (C=O) groups excluding carboxylic acids is 1. The minimum Gasteiger partial charge on any atom is -0.326 e. The fourth-order valence-corrected chi connectivity index (χ4v) is 4.57. The Morgan fingerprint density at radius 1 is 0.966 bits per heavy atom. The van der Waals surface area contributed by atoms with Crippen LogP contribution in [-0.4, -0.2) is 31.7 Å². The molecule has 1 fully saturated rings. The highest BCUT2D eigenvalue weighted by molar-refractivity contribution is 7.89. The van der Waals surface area contributed by atoms with Crippen molar-refractivity contribution in [2.75, 3.05) is 18.4 Å². The van der Waals surface area contributed by atoms with Gasteiger partial charge in [0.1, 0.15) is 5.82 Å². The van der Waals surface area contributed by atoms with E-state index < -0.39 is 33.5 Å². The Morgan fingerprint density at radius 3 is 2.03 bits per heavy atom. The van der Waals surface area contributed by atoms with Crippen LogP contribution < -0.4 is 5.32 Å². The molecule has 1 N–H and O–H groups in total. The van der Waals surface area contributed by atoms with Gasteiger partial charge in [-0.1, -0.05) is 0 Å². The Balaban J connectivity index is 1.61. The Bertz CT molecular complexity index is 966. The number of amides is 1. The molecule has 0 atom stereocenters. The van der Waals surface area contributed by atoms with Gasteiger partial charge in [-0.25, -0.2) is 12.8 Å². The molecule has 0 bridgehead atoms. The number of nitrogens with zero attached hydrogens (tertiary/aromatic N) is 1. The number of nitrogens with one attached hydrogen (secondary N) is 1. The van der Waals surface area contributed by atoms with Crippen LogP contribution in [0.15, 0.2) is 53.4 Å². The fraction of sp³-hybridized carbons (Fsp3) is 0.316. The molecule has 156 valence electrons. The molecule has 10 heteroatoms. The van der Waals surface area contributed by atoms with E-state index in [2.05, 4.69) is 5.32 Å². The number of benzene rings is 2. The Morgan fingerprint density at radius 2 is 1.52 bits per heavy atom. The van der Waals surface area contributed by atoms with E-state index in [0.29, 0.717) is 5.69 Å². The van der Waals surface area contributed by atoms with Gasteiger partial charge >= 0.3 is 6.18 Å². The summed E-state index contributed by atoms with van der Waals surface area (Å²) in [5, 5.41) is 2.66. The van der Waals surface area contributed by atoms with Crippen molar-refractivity contribution in [3.05, 3.63) is 59.9 Å². The molecular formula is C19H18F4N2O3S. The van der Waals surface area contributed by atoms with E-state index in [1.165, 1.54) is 24.3 Å². The molecular weight excluding hydrogens is 412 g/mol. The minimum atomic E-state index is -4.54. The largest absolute Gasteiger partial charge is 0.416 e. The third-order valence-electron chi connectivity index (χ3n) is 4.76. The van der Waals surface area contributed by atoms with Crippen LogP contribution in [0.3, 0.4) is 0 Å². The summed E-state index contributed by atoms with van der Waals surface area (Å²) in [4.78, 5) is 12.1. The first kappa shape index (κ1) is 21.3. The van der Waals surface area contributed by atoms with E-state index in [-0.39, 0.29) is 36.7 Å². The normalized spacial score (nSPS) is 16.6. The first-order chi connectivity index (χ1) is 13.6. The number of carbonyl (C=O) groups is 1. The average molecular weight is 430 g/mol. The highest BCUT2D eigenvalue weighted by Gasteiger charge is 2.34. The minimum absolute atomic E-state index is 0.0743. The lowest BCUT2D eigenvalue weighted by Crippen LogP contribution is -2.41. The Labute approximate surface area is 165 Å². The highest BCUT2D eigenvalue weighted by Crippen LogP contribution is 2.31. The molecule has 0 radical (unpaired) electrons. The van der Waals surface area contributed by atoms with Gasteiger partial charge in [0.05, 0.1) is 10.5 Å². The monoisotopic (exact) mass is 430 g/mol. The van der Waals surface area contributed by atoms with Gasteiger partial charge in [-0.2, -0.15) is 17.5 Å². The molecule has 0 unspecified atom stereocenters. The van der Waals surface area contributed by atoms with Crippen molar-refractivity contribution in [2.24, 2.45) is 5.92 Å². The van der Waals surface area contributed by atoms with E-state index in [1.807, 2.05) is 0 Å². The lowest BCUT2D eigenvalue weighted by Gasteiger charge is -2.30. The fourth-order valence-electron chi connectivity index (χ4n) is 3.10. The second-order valence-electron chi connectivity index (χ2n) is 6.70. The summed E-state index contributed by atoms with van der Waals surface area (Å²) in [7, 11) is -3.94. The number of halogens is 4. The van der Waals surface area contributed by atoms with Crippen LogP contribution in [0.25, 0.3) is 0 Å². The Hall–Kier alpha value is -2.46. The number of anilines is 1. The number of hydrogen-bond acceptors (Lipinski definition) is 3. The number of piperidine rings is 1. The molecule has 1 aliphatic heterocycles. The van der Waals surface area contributed by atoms with Gasteiger partial charge < -0.3 is 5.32 Å². The summed E-state index contributed by atoms with van der Waals surface area (Å²) >= 11 is 0. The summed E-state index contributed by atoms with van der Waals surface area (Å²) in [6.45, 7) is 0.149. The second kappa shape index (κ2) is 8.11. The maximum atomic E-state index is 12.9. The smallest absolute Gasteiger partial charge is 0.326 e. The van der Waals surface area contributed by atoms with E-state index in [9.17, 15) is 30.8 Å². The number of rotatable bonds is 4. The number of sulfonamides is 1. The zero-order valence-corrected chi connectivity index (χ0v) is 15.9. The molecule has 0 aliphatic carbocycles. The molecule has 29 heavy (non-hydrogen) atoms. The summed E-state index contributed by atoms with van der Waals surface area (Å²) in [6, 6.07) is 8.63. The van der Waals surface area contributed by atoms with E-state index in [0.717, 1.165) is 28.6 Å². The SMILES string of the molecule is O=C(Nc1ccc(F)cc1)C1CCN(S(=O)(=O)c2ccc(C(F)(F)F)cc2)CC1. The van der Waals surface area contributed by atoms with Crippen molar-refractivity contribution in [1.82, 2.24) is 4.31 Å². The van der Waals surface area contributed by atoms with Gasteiger partial charge in [0.15, 0.2) is 0 Å². The molecule has 2 aromatic carbocycles. The summed E-state index contributed by atoms with van der Waals surface area (Å²) < 4.78 is 77.3. The van der Waals surface area contributed by atoms with Crippen LogP contribution in [0, 0.1) is 11.7 Å². The first-order valence-corrected chi connectivity index (χ1v) is 10.3. The predicted octanol–water partition coefficient (Wildman–Crippen LogP) is 3.88. The molecule has 0 spiro atoms. The van der Waals surface area contributed by atoms with Crippen LogP contribution in [0.5, 0.6) is 0 Å². The van der Waals surface area contributed by atoms with Crippen molar-refractivity contribution >= 4 is 21.6 Å². The van der Waals surface area contributed by atoms with Gasteiger partial charge in [-0.05, 0) is 61.4 Å². The van der Waals surface area contributed by atoms with Gasteiger partial charge in [0.25, 0.3) is 0 Å². The summed E-state index contributed by atoms with van der Waals surface area (Å²) in [5.41, 5.74) is -0.483. The number of alkyl halides is 3. The van der Waals surface area contributed by atoms with Crippen LogP contribution in [0.2, 0.25) is 0 Å². The van der Waals surface area contributed by atoms with Crippen molar-refractivity contribution in [1.29, 1.82) is 0 Å². The molecule has 1 amide bonds. The van der Waals surface area contributed by atoms with Crippen molar-refractivity contribution in [3.63, 3.8) is 0 Å². The van der Waals surface area contributed by atoms with Crippen molar-refractivity contribution < 1.29 is 30.8 Å². The maximum Gasteiger partial charge on any atom is 0.416 e. The molecule has 2 aromatic rings. The topological polar surface area (TPSA) is 66.5 Å². The van der Waals surface area contributed by atoms with Gasteiger partial charge in [-0.15, -0.1) is 0 Å². The molecule has 0 aromatic heterocycles. The molecule has 1 heterocycles. The summed E-state index contributed by atoms with van der Waals surface area (Å²) in [5.74, 6) is -1.13. The van der Waals surface area contributed by atoms with Crippen LogP contribution >= 0.6 is 0 Å². The summed E-state index contributed by atoms with van der Waals surface area (Å²) in [6.07, 6.45) is -4.00. The van der Waals surface area contributed by atoms with Crippen LogP contribution in [0.4, 0.5) is 23.2 Å². The van der Waals surface area contributed by atoms with Crippen molar-refractivity contribution in [2.45, 2.75) is 23.9 Å². The number of hydrogen-bond donors (Lipinski definition) is 1. The molecule has 3 rings (SSSR count). The van der Waals surface area contributed by atoms with E-state index >= 15 is 0 Å². The van der Waals surface area contributed by atoms with E-state index in [4.69, 9.17) is 0 Å². The average Bonchev–Trinajstić information content (AvgIpc) is 2.69. The standard InChI is InChI=1S/C19H18F4N2O3S/c20-15-3-5-16(6-4-15)24-18(26)13-9-11-25(12-10-13)29(27,28)17-7-1-14(2-8-17)19(21,22)23/h1-8,13H,9-12H2,(H,24,26). The zero-order chi connectivity index (χ0) is 21.2. The predicted molar refractivity (Wildman–Crippen MR) is 98.0 cm³/mol. The first-order valence-electron chi connectivity index (χ1n) is 8.81. The van der Waals surface area contributed by atoms with Crippen molar-refractivity contribution in [3.8, 4) is 0 Å². The van der Waals surface area contributed by atoms with Gasteiger partial charge in [0.2, 0.25) is 15.9 Å². The third-order valence-corrected chi connectivity index (χ3v) is 6.67. The van der Waals surface area contributed by atoms with Crippen LogP contribution in [-0.2, 0) is 21.0 Å². The molecule has 0 saturated carbocycles. The maximum absolute atomic E-state index is 12.9. The lowest BCUT2D eigenvalue weighted by molar-refractivity contribution is -0.137. The molecule has 1 aliphatic rings. The van der Waals surface area contributed by atoms with Crippen LogP contribution in [0.1, 0.15) is 18.4 Å². The second-order valence-corrected chi connectivity index (χ2v) is 8.63. The van der Waals surface area contributed by atoms with Gasteiger partial charge in [-0.3, -0.25) is 4.79 Å². The third kappa shape index (κ3) is 4.94.